The number of carbonyl (C=O) groups excluding carboxylic acids is 1. The number of hydrogen-bond acceptors (Lipinski definition) is 5. The highest BCUT2D eigenvalue weighted by Gasteiger charge is 2.11. The van der Waals surface area contributed by atoms with Crippen molar-refractivity contribution < 1.29 is 9.53 Å². The van der Waals surface area contributed by atoms with Crippen molar-refractivity contribution in [3.8, 4) is 9.75 Å². The highest BCUT2D eigenvalue weighted by atomic mass is 32.1. The fourth-order valence-electron chi connectivity index (χ4n) is 1.95. The molecule has 2 heterocycles. The first kappa shape index (κ1) is 14.2. The van der Waals surface area contributed by atoms with Gasteiger partial charge in [-0.2, -0.15) is 0 Å². The second-order valence-electron chi connectivity index (χ2n) is 4.31. The first-order valence-electron chi connectivity index (χ1n) is 6.10. The minimum absolute atomic E-state index is 0.442. The van der Waals surface area contributed by atoms with Crippen LogP contribution in [-0.2, 0) is 22.5 Å². The van der Waals surface area contributed by atoms with Crippen LogP contribution in [0.2, 0.25) is 0 Å². The van der Waals surface area contributed by atoms with Crippen molar-refractivity contribution in [2.45, 2.75) is 26.8 Å². The lowest BCUT2D eigenvalue weighted by atomic mass is 10.2. The van der Waals surface area contributed by atoms with E-state index in [1.165, 1.54) is 30.6 Å². The number of carbonyl (C=O) groups is 1. The van der Waals surface area contributed by atoms with Gasteiger partial charge in [-0.3, -0.25) is 4.79 Å². The van der Waals surface area contributed by atoms with Crippen molar-refractivity contribution in [1.29, 1.82) is 0 Å². The number of nitrogens with two attached hydrogens (primary N) is 1. The average Bonchev–Trinajstić information content (AvgIpc) is 2.93. The van der Waals surface area contributed by atoms with Gasteiger partial charge in [0.1, 0.15) is 0 Å². The molecule has 2 aromatic heterocycles. The van der Waals surface area contributed by atoms with E-state index in [4.69, 9.17) is 10.5 Å². The van der Waals surface area contributed by atoms with Gasteiger partial charge in [0.15, 0.2) is 0 Å². The van der Waals surface area contributed by atoms with Crippen molar-refractivity contribution >= 4 is 29.1 Å². The highest BCUT2D eigenvalue weighted by molar-refractivity contribution is 7.22. The van der Waals surface area contributed by atoms with E-state index in [1.807, 2.05) is 0 Å². The van der Waals surface area contributed by atoms with E-state index >= 15 is 0 Å². The molecule has 0 aliphatic heterocycles. The Hall–Kier alpha value is -1.17. The molecule has 3 nitrogen and oxygen atoms in total. The summed E-state index contributed by atoms with van der Waals surface area (Å²) >= 11 is 3.57. The molecule has 0 saturated carbocycles. The highest BCUT2D eigenvalue weighted by Crippen LogP contribution is 2.37. The van der Waals surface area contributed by atoms with Crippen LogP contribution in [0.15, 0.2) is 12.1 Å². The third kappa shape index (κ3) is 3.23. The summed E-state index contributed by atoms with van der Waals surface area (Å²) in [7, 11) is 0. The zero-order valence-electron chi connectivity index (χ0n) is 11.1. The summed E-state index contributed by atoms with van der Waals surface area (Å²) in [5.41, 5.74) is 8.19. The molecule has 0 atom stereocenters. The molecular weight excluding hydrogens is 278 g/mol. The molecule has 0 fully saturated rings. The minimum Gasteiger partial charge on any atom is -0.468 e. The molecular formula is C14H17NO2S2. The van der Waals surface area contributed by atoms with Gasteiger partial charge in [0, 0.05) is 32.5 Å². The summed E-state index contributed by atoms with van der Waals surface area (Å²) in [4.78, 5) is 15.3. The molecule has 0 unspecified atom stereocenters. The maximum absolute atomic E-state index is 10.2. The SMILES string of the molecule is Cc1sc(-c2cc(CCOC=O)c(C)s2)cc1CN. The van der Waals surface area contributed by atoms with E-state index in [9.17, 15) is 4.79 Å². The number of thiophene rings is 2. The molecule has 0 bridgehead atoms. The Morgan fingerprint density at radius 2 is 1.74 bits per heavy atom. The Bertz CT molecular complexity index is 572. The maximum atomic E-state index is 10.2. The first-order valence-corrected chi connectivity index (χ1v) is 7.73. The fraction of sp³-hybridized carbons (Fsp3) is 0.357. The lowest BCUT2D eigenvalue weighted by Crippen LogP contribution is -1.96. The maximum Gasteiger partial charge on any atom is 0.293 e. The molecule has 0 aliphatic carbocycles. The van der Waals surface area contributed by atoms with Gasteiger partial charge in [-0.1, -0.05) is 0 Å². The molecule has 2 rings (SSSR count). The van der Waals surface area contributed by atoms with Gasteiger partial charge in [-0.05, 0) is 37.1 Å². The van der Waals surface area contributed by atoms with E-state index in [0.29, 0.717) is 19.6 Å². The van der Waals surface area contributed by atoms with Crippen molar-refractivity contribution in [3.63, 3.8) is 0 Å². The predicted molar refractivity (Wildman–Crippen MR) is 80.7 cm³/mol. The van der Waals surface area contributed by atoms with Crippen LogP contribution in [0.25, 0.3) is 9.75 Å². The zero-order valence-corrected chi connectivity index (χ0v) is 12.7. The van der Waals surface area contributed by atoms with Crippen molar-refractivity contribution in [2.24, 2.45) is 5.73 Å². The van der Waals surface area contributed by atoms with E-state index in [2.05, 4.69) is 26.0 Å². The van der Waals surface area contributed by atoms with Gasteiger partial charge in [-0.15, -0.1) is 22.7 Å². The Morgan fingerprint density at radius 1 is 1.16 bits per heavy atom. The molecule has 0 saturated heterocycles. The third-order valence-electron chi connectivity index (χ3n) is 3.06. The Morgan fingerprint density at radius 3 is 2.26 bits per heavy atom. The zero-order chi connectivity index (χ0) is 13.8. The first-order chi connectivity index (χ1) is 9.15. The van der Waals surface area contributed by atoms with E-state index in [0.717, 1.165) is 6.42 Å². The van der Waals surface area contributed by atoms with E-state index in [-0.39, 0.29) is 0 Å². The molecule has 0 aliphatic rings. The molecule has 0 aromatic carbocycles. The predicted octanol–water partition coefficient (Wildman–Crippen LogP) is 3.27. The second kappa shape index (κ2) is 6.32. The van der Waals surface area contributed by atoms with E-state index in [1.54, 1.807) is 22.7 Å². The van der Waals surface area contributed by atoms with Crippen LogP contribution in [0.3, 0.4) is 0 Å². The lowest BCUT2D eigenvalue weighted by Gasteiger charge is -1.97. The van der Waals surface area contributed by atoms with Gasteiger partial charge in [-0.25, -0.2) is 0 Å². The second-order valence-corrected chi connectivity index (χ2v) is 6.82. The van der Waals surface area contributed by atoms with Crippen LogP contribution in [0.5, 0.6) is 0 Å². The minimum atomic E-state index is 0.442. The van der Waals surface area contributed by atoms with Gasteiger partial charge in [0.2, 0.25) is 0 Å². The van der Waals surface area contributed by atoms with Crippen LogP contribution in [-0.4, -0.2) is 13.1 Å². The van der Waals surface area contributed by atoms with Crippen LogP contribution >= 0.6 is 22.7 Å². The lowest BCUT2D eigenvalue weighted by molar-refractivity contribution is -0.128. The molecule has 2 N–H and O–H groups in total. The van der Waals surface area contributed by atoms with Crippen LogP contribution in [0.4, 0.5) is 0 Å². The van der Waals surface area contributed by atoms with Gasteiger partial charge in [0.25, 0.3) is 6.47 Å². The van der Waals surface area contributed by atoms with Crippen molar-refractivity contribution in [2.75, 3.05) is 6.61 Å². The monoisotopic (exact) mass is 295 g/mol. The number of rotatable bonds is 6. The van der Waals surface area contributed by atoms with Crippen LogP contribution in [0, 0.1) is 13.8 Å². The van der Waals surface area contributed by atoms with Crippen molar-refractivity contribution in [1.82, 2.24) is 0 Å². The summed E-state index contributed by atoms with van der Waals surface area (Å²) in [5.74, 6) is 0. The number of hydrogen-bond donors (Lipinski definition) is 1. The average molecular weight is 295 g/mol. The summed E-state index contributed by atoms with van der Waals surface area (Å²) in [6.07, 6.45) is 0.773. The summed E-state index contributed by atoms with van der Waals surface area (Å²) in [5, 5.41) is 0. The third-order valence-corrected chi connectivity index (χ3v) is 5.44. The van der Waals surface area contributed by atoms with Gasteiger partial charge in [0.05, 0.1) is 6.61 Å². The van der Waals surface area contributed by atoms with E-state index < -0.39 is 0 Å². The van der Waals surface area contributed by atoms with Gasteiger partial charge < -0.3 is 10.5 Å². The number of ether oxygens (including phenoxy) is 1. The summed E-state index contributed by atoms with van der Waals surface area (Å²) in [6.45, 7) is 5.74. The van der Waals surface area contributed by atoms with Crippen LogP contribution in [0.1, 0.15) is 20.9 Å². The molecule has 19 heavy (non-hydrogen) atoms. The molecule has 2 aromatic rings. The molecule has 5 heteroatoms. The standard InChI is InChI=1S/C14H17NO2S2/c1-9-11(3-4-17-8-16)5-13(18-9)14-6-12(7-15)10(2)19-14/h5-6,8H,3-4,7,15H2,1-2H3. The molecule has 0 spiro atoms. The fourth-order valence-corrected chi connectivity index (χ4v) is 4.15. The molecule has 0 amide bonds. The molecule has 102 valence electrons. The van der Waals surface area contributed by atoms with Crippen LogP contribution < -0.4 is 5.73 Å². The largest absolute Gasteiger partial charge is 0.468 e. The topological polar surface area (TPSA) is 52.3 Å². The van der Waals surface area contributed by atoms with Crippen molar-refractivity contribution in [3.05, 3.63) is 33.0 Å². The van der Waals surface area contributed by atoms with Gasteiger partial charge >= 0.3 is 0 Å². The smallest absolute Gasteiger partial charge is 0.293 e. The summed E-state index contributed by atoms with van der Waals surface area (Å²) < 4.78 is 4.76. The number of aryl methyl sites for hydroxylation is 2. The Balaban J connectivity index is 2.20. The Kier molecular flexibility index (Phi) is 4.74. The Labute approximate surface area is 121 Å². The quantitative estimate of drug-likeness (QED) is 0.657. The molecule has 0 radical (unpaired) electrons. The summed E-state index contributed by atoms with van der Waals surface area (Å²) in [6, 6.07) is 4.37. The normalized spacial score (nSPS) is 10.7.